The second-order valence-electron chi connectivity index (χ2n) is 0.448. The van der Waals surface area contributed by atoms with Crippen LogP contribution in [0.3, 0.4) is 0 Å². The van der Waals surface area contributed by atoms with Crippen molar-refractivity contribution in [2.45, 2.75) is 0 Å². The summed E-state index contributed by atoms with van der Waals surface area (Å²) in [6, 6.07) is 0. The third-order valence-corrected chi connectivity index (χ3v) is 0. The molecule has 0 aromatic heterocycles. The minimum Gasteiger partial charge on any atom is -0.270 e. The molecule has 7 heavy (non-hydrogen) atoms. The van der Waals surface area contributed by atoms with Gasteiger partial charge in [-0.3, -0.25) is 13.9 Å². The summed E-state index contributed by atoms with van der Waals surface area (Å²) in [4.78, 5) is 0. The van der Waals surface area contributed by atoms with Crippen LogP contribution in [0.4, 0.5) is 0 Å². The summed E-state index contributed by atoms with van der Waals surface area (Å²) in [5, 5.41) is 0. The molecule has 0 aliphatic heterocycles. The lowest BCUT2D eigenvalue weighted by atomic mass is 14.0. The van der Waals surface area contributed by atoms with E-state index in [0.717, 1.165) is 0 Å². The third-order valence-electron chi connectivity index (χ3n) is 0. The van der Waals surface area contributed by atoms with Crippen LogP contribution >= 0.6 is 16.1 Å². The highest BCUT2D eigenvalue weighted by Crippen LogP contribution is 1.59. The average molecular weight is 194 g/mol. The molecule has 0 saturated carbocycles. The van der Waals surface area contributed by atoms with Crippen molar-refractivity contribution >= 4 is 26.5 Å². The van der Waals surface area contributed by atoms with Gasteiger partial charge in [-0.25, -0.2) is 0 Å². The van der Waals surface area contributed by atoms with Crippen molar-refractivity contribution in [1.29, 1.82) is 0 Å². The van der Waals surface area contributed by atoms with Crippen LogP contribution in [-0.4, -0.2) is 17.5 Å². The molecule has 4 N–H and O–H groups in total. The smallest absolute Gasteiger partial charge is 0.270 e. The van der Waals surface area contributed by atoms with Crippen molar-refractivity contribution in [2.75, 3.05) is 0 Å². The van der Waals surface area contributed by atoms with Gasteiger partial charge in [0.15, 0.2) is 0 Å². The van der Waals surface area contributed by atoms with Crippen LogP contribution in [0.25, 0.3) is 0 Å². The molecule has 0 amide bonds. The highest BCUT2D eigenvalue weighted by Gasteiger charge is 1.84. The molecule has 0 atom stereocenters. The van der Waals surface area contributed by atoms with Crippen LogP contribution in [0.2, 0.25) is 0 Å². The first-order valence-corrected chi connectivity index (χ1v) is 3.23. The lowest BCUT2D eigenvalue weighted by molar-refractivity contribution is 0.381. The maximum Gasteiger partial charge on any atom is 0.394 e. The molecule has 0 aliphatic rings. The van der Waals surface area contributed by atoms with Gasteiger partial charge >= 0.3 is 10.4 Å². The number of rotatable bonds is 0. The summed E-state index contributed by atoms with van der Waals surface area (Å²) in [6.07, 6.45) is 0. The van der Waals surface area contributed by atoms with E-state index >= 15 is 0 Å². The van der Waals surface area contributed by atoms with E-state index in [1.54, 1.807) is 0 Å². The van der Waals surface area contributed by atoms with Gasteiger partial charge < -0.3 is 0 Å². The molecule has 5 nitrogen and oxygen atoms in total. The summed E-state index contributed by atoms with van der Waals surface area (Å²) in [6.45, 7) is 0. The number of hydrogen-bond acceptors (Lipinski definition) is 3. The van der Waals surface area contributed by atoms with E-state index < -0.39 is 10.4 Å². The van der Waals surface area contributed by atoms with E-state index in [-0.39, 0.29) is 0 Å². The molecule has 0 saturated heterocycles. The van der Waals surface area contributed by atoms with Crippen molar-refractivity contribution in [1.82, 2.24) is 0 Å². The summed E-state index contributed by atoms with van der Waals surface area (Å²) >= 11 is 2.44. The monoisotopic (exact) mass is 193 g/mol. The van der Waals surface area contributed by atoms with Crippen LogP contribution < -0.4 is 4.76 Å². The second-order valence-corrected chi connectivity index (χ2v) is 1.34. The summed E-state index contributed by atoms with van der Waals surface area (Å²) < 4.78 is 35.9. The van der Waals surface area contributed by atoms with E-state index in [2.05, 4.69) is 20.9 Å². The molecule has 0 spiro atoms. The van der Waals surface area contributed by atoms with E-state index in [4.69, 9.17) is 17.5 Å². The molecule has 0 heterocycles. The summed E-state index contributed by atoms with van der Waals surface area (Å²) in [5.41, 5.74) is 0. The Morgan fingerprint density at radius 2 is 1.29 bits per heavy atom. The van der Waals surface area contributed by atoms with Crippen LogP contribution in [0, 0.1) is 0 Å². The highest BCUT2D eigenvalue weighted by atomic mass is 79.9. The molecule has 0 radical (unpaired) electrons. The topological polar surface area (TPSA) is 101 Å². The van der Waals surface area contributed by atoms with Gasteiger partial charge in [-0.05, 0) is 0 Å². The average Bonchev–Trinajstić information content (AvgIpc) is 1.36. The molecule has 0 bridgehead atoms. The summed E-state index contributed by atoms with van der Waals surface area (Å²) in [7, 11) is -4.67. The van der Waals surface area contributed by atoms with Gasteiger partial charge in [0.25, 0.3) is 0 Å². The van der Waals surface area contributed by atoms with Gasteiger partial charge in [-0.2, -0.15) is 8.42 Å². The minimum absolute atomic E-state index is 2.44. The fourth-order valence-electron chi connectivity index (χ4n) is 0. The third kappa shape index (κ3) is 1220. The largest absolute Gasteiger partial charge is 0.394 e. The van der Waals surface area contributed by atoms with Crippen LogP contribution in [0.15, 0.2) is 0 Å². The molecule has 0 aliphatic carbocycles. The molecule has 0 rings (SSSR count). The van der Waals surface area contributed by atoms with Gasteiger partial charge in [0.1, 0.15) is 0 Å². The van der Waals surface area contributed by atoms with E-state index in [1.165, 1.54) is 0 Å². The van der Waals surface area contributed by atoms with Crippen molar-refractivity contribution in [3.63, 3.8) is 0 Å². The van der Waals surface area contributed by atoms with Crippen molar-refractivity contribution in [2.24, 2.45) is 4.76 Å². The van der Waals surface area contributed by atoms with Crippen molar-refractivity contribution in [3.8, 4) is 0 Å². The summed E-state index contributed by atoms with van der Waals surface area (Å²) in [5.74, 6) is 0. The maximum absolute atomic E-state index is 8.74. The molecular formula is H4BrNO4S. The number of hydrogen-bond donors (Lipinski definition) is 3. The molecular weight excluding hydrogens is 190 g/mol. The minimum atomic E-state index is -4.67. The lowest BCUT2D eigenvalue weighted by Gasteiger charge is -1.68. The van der Waals surface area contributed by atoms with E-state index in [1.807, 2.05) is 0 Å². The zero-order valence-corrected chi connectivity index (χ0v) is 5.48. The Balaban J connectivity index is 0. The van der Waals surface area contributed by atoms with Crippen LogP contribution in [-0.2, 0) is 10.4 Å². The van der Waals surface area contributed by atoms with Crippen molar-refractivity contribution < 1.29 is 17.5 Å². The van der Waals surface area contributed by atoms with Gasteiger partial charge in [0.05, 0.1) is 0 Å². The predicted octanol–water partition coefficient (Wildman–Crippen LogP) is -0.398. The highest BCUT2D eigenvalue weighted by molar-refractivity contribution is 9.07. The zero-order chi connectivity index (χ0) is 6.50. The zero-order valence-electron chi connectivity index (χ0n) is 3.07. The number of nitrogens with two attached hydrogens (primary N) is 1. The maximum atomic E-state index is 8.74. The molecule has 46 valence electrons. The Labute approximate surface area is 49.4 Å². The molecule has 0 aromatic carbocycles. The van der Waals surface area contributed by atoms with E-state index in [0.29, 0.717) is 0 Å². The van der Waals surface area contributed by atoms with Crippen LogP contribution in [0.1, 0.15) is 0 Å². The Hall–Kier alpha value is 0.310. The SMILES string of the molecule is NBr.O=S(=O)(O)O. The van der Waals surface area contributed by atoms with Crippen molar-refractivity contribution in [3.05, 3.63) is 0 Å². The van der Waals surface area contributed by atoms with Gasteiger partial charge in [-0.1, -0.05) is 0 Å². The molecule has 0 unspecified atom stereocenters. The van der Waals surface area contributed by atoms with E-state index in [9.17, 15) is 0 Å². The normalized spacial score (nSPS) is 9.14. The first-order valence-electron chi connectivity index (χ1n) is 0.917. The van der Waals surface area contributed by atoms with Gasteiger partial charge in [0.2, 0.25) is 0 Å². The molecule has 0 fully saturated rings. The molecule has 7 heteroatoms. The molecule has 0 aromatic rings. The first-order chi connectivity index (χ1) is 3.00. The van der Waals surface area contributed by atoms with Gasteiger partial charge in [-0.15, -0.1) is 0 Å². The standard InChI is InChI=1S/BrH2N.H2O4S/c1-2;1-5(2,3)4/h2H2;(H2,1,2,3,4). The Morgan fingerprint density at radius 3 is 1.29 bits per heavy atom. The lowest BCUT2D eigenvalue weighted by Crippen LogP contribution is -1.89. The fourth-order valence-corrected chi connectivity index (χ4v) is 0. The predicted molar refractivity (Wildman–Crippen MR) is 27.3 cm³/mol. The Bertz CT molecular complexity index is 94.9. The van der Waals surface area contributed by atoms with Crippen LogP contribution in [0.5, 0.6) is 0 Å². The van der Waals surface area contributed by atoms with Gasteiger partial charge in [0, 0.05) is 16.1 Å². The first kappa shape index (κ1) is 10.3. The Kier molecular flexibility index (Phi) is 6.59. The number of halogens is 1. The second kappa shape index (κ2) is 4.47. The Morgan fingerprint density at radius 1 is 1.29 bits per heavy atom. The quantitative estimate of drug-likeness (QED) is 0.359. The fraction of sp³-hybridized carbons (Fsp3) is 0.